The van der Waals surface area contributed by atoms with Crippen LogP contribution in [0.25, 0.3) is 43.4 Å². The van der Waals surface area contributed by atoms with Crippen LogP contribution in [-0.2, 0) is 5.41 Å². The SMILES string of the molecule is CC(C)(C)C1=CC=C(N(c2ccc(C(C)(C)C)cc2)c2cc3cc(-c4ccccc4)c4ccccc4c3c3ccccc23)CC1. The van der Waals surface area contributed by atoms with Crippen LogP contribution in [0.15, 0.2) is 139 Å². The zero-order valence-corrected chi connectivity index (χ0v) is 27.5. The first kappa shape index (κ1) is 29.1. The summed E-state index contributed by atoms with van der Waals surface area (Å²) in [4.78, 5) is 2.53. The van der Waals surface area contributed by atoms with E-state index in [-0.39, 0.29) is 10.8 Å². The molecule has 0 spiro atoms. The van der Waals surface area contributed by atoms with Crippen molar-refractivity contribution in [1.29, 1.82) is 0 Å². The molecule has 0 saturated heterocycles. The van der Waals surface area contributed by atoms with E-state index >= 15 is 0 Å². The molecule has 224 valence electrons. The van der Waals surface area contributed by atoms with E-state index in [1.807, 2.05) is 0 Å². The monoisotopic (exact) mass is 585 g/mol. The summed E-state index contributed by atoms with van der Waals surface area (Å²) in [5.41, 5.74) is 9.42. The van der Waals surface area contributed by atoms with Crippen LogP contribution < -0.4 is 4.90 Å². The van der Waals surface area contributed by atoms with Crippen LogP contribution >= 0.6 is 0 Å². The smallest absolute Gasteiger partial charge is 0.0543 e. The number of anilines is 2. The quantitative estimate of drug-likeness (QED) is 0.186. The molecule has 0 atom stereocenters. The molecule has 0 bridgehead atoms. The first-order valence-corrected chi connectivity index (χ1v) is 16.3. The van der Waals surface area contributed by atoms with Crippen LogP contribution in [0.1, 0.15) is 59.9 Å². The van der Waals surface area contributed by atoms with Gasteiger partial charge in [-0.15, -0.1) is 0 Å². The Hall–Kier alpha value is -4.62. The first-order chi connectivity index (χ1) is 21.6. The first-order valence-electron chi connectivity index (χ1n) is 16.3. The molecule has 0 amide bonds. The molecule has 7 rings (SSSR count). The predicted octanol–water partition coefficient (Wildman–Crippen LogP) is 12.9. The lowest BCUT2D eigenvalue weighted by Gasteiger charge is -2.34. The molecular formula is C44H43N. The third kappa shape index (κ3) is 5.35. The fourth-order valence-electron chi connectivity index (χ4n) is 7.01. The normalized spacial score (nSPS) is 14.1. The van der Waals surface area contributed by atoms with E-state index in [1.54, 1.807) is 0 Å². The van der Waals surface area contributed by atoms with Crippen molar-refractivity contribution in [3.05, 3.63) is 144 Å². The van der Waals surface area contributed by atoms with Crippen LogP contribution in [0.3, 0.4) is 0 Å². The van der Waals surface area contributed by atoms with Crippen molar-refractivity contribution < 1.29 is 0 Å². The van der Waals surface area contributed by atoms with Crippen molar-refractivity contribution in [2.75, 3.05) is 4.90 Å². The largest absolute Gasteiger partial charge is 0.314 e. The minimum absolute atomic E-state index is 0.0996. The lowest BCUT2D eigenvalue weighted by atomic mass is 9.81. The Morgan fingerprint density at radius 3 is 1.73 bits per heavy atom. The van der Waals surface area contributed by atoms with Gasteiger partial charge in [0.25, 0.3) is 0 Å². The van der Waals surface area contributed by atoms with Gasteiger partial charge >= 0.3 is 0 Å². The summed E-state index contributed by atoms with van der Waals surface area (Å²) < 4.78 is 0. The van der Waals surface area contributed by atoms with Crippen molar-refractivity contribution in [3.63, 3.8) is 0 Å². The Balaban J connectivity index is 1.53. The average molecular weight is 586 g/mol. The van der Waals surface area contributed by atoms with Crippen molar-refractivity contribution in [1.82, 2.24) is 0 Å². The Bertz CT molecular complexity index is 2100. The van der Waals surface area contributed by atoms with Crippen LogP contribution in [0.4, 0.5) is 11.4 Å². The van der Waals surface area contributed by atoms with E-state index in [1.165, 1.54) is 71.7 Å². The number of nitrogens with zero attached hydrogens (tertiary/aromatic N) is 1. The number of rotatable bonds is 4. The van der Waals surface area contributed by atoms with Crippen LogP contribution in [-0.4, -0.2) is 0 Å². The van der Waals surface area contributed by atoms with Gasteiger partial charge in [-0.25, -0.2) is 0 Å². The topological polar surface area (TPSA) is 3.24 Å². The second kappa shape index (κ2) is 11.1. The number of allylic oxidation sites excluding steroid dienone is 4. The molecule has 0 N–H and O–H groups in total. The highest BCUT2D eigenvalue weighted by Crippen LogP contribution is 2.46. The van der Waals surface area contributed by atoms with E-state index in [4.69, 9.17) is 0 Å². The van der Waals surface area contributed by atoms with Crippen LogP contribution in [0.5, 0.6) is 0 Å². The zero-order chi connectivity index (χ0) is 31.3. The fraction of sp³-hybridized carbons (Fsp3) is 0.227. The number of hydrogen-bond acceptors (Lipinski definition) is 1. The van der Waals surface area contributed by atoms with E-state index in [0.29, 0.717) is 0 Å². The number of hydrogen-bond donors (Lipinski definition) is 0. The lowest BCUT2D eigenvalue weighted by molar-refractivity contribution is 0.479. The summed E-state index contributed by atoms with van der Waals surface area (Å²) in [5.74, 6) is 0. The predicted molar refractivity (Wildman–Crippen MR) is 197 cm³/mol. The molecule has 1 nitrogen and oxygen atoms in total. The maximum atomic E-state index is 2.53. The van der Waals surface area contributed by atoms with Gasteiger partial charge in [0.05, 0.1) is 5.69 Å². The zero-order valence-electron chi connectivity index (χ0n) is 27.5. The van der Waals surface area contributed by atoms with Crippen molar-refractivity contribution in [3.8, 4) is 11.1 Å². The molecule has 1 aliphatic rings. The van der Waals surface area contributed by atoms with Gasteiger partial charge in [-0.2, -0.15) is 0 Å². The van der Waals surface area contributed by atoms with E-state index in [2.05, 4.69) is 174 Å². The third-order valence-electron chi connectivity index (χ3n) is 9.53. The van der Waals surface area contributed by atoms with Gasteiger partial charge < -0.3 is 4.90 Å². The van der Waals surface area contributed by atoms with Crippen LogP contribution in [0.2, 0.25) is 0 Å². The molecule has 0 saturated carbocycles. The Morgan fingerprint density at radius 2 is 1.13 bits per heavy atom. The van der Waals surface area contributed by atoms with E-state index in [9.17, 15) is 0 Å². The Kier molecular flexibility index (Phi) is 7.16. The average Bonchev–Trinajstić information content (AvgIpc) is 3.04. The molecule has 6 aromatic rings. The van der Waals surface area contributed by atoms with Gasteiger partial charge in [-0.05, 0) is 97.6 Å². The van der Waals surface area contributed by atoms with Crippen LogP contribution in [0, 0.1) is 5.41 Å². The second-order valence-electron chi connectivity index (χ2n) is 14.6. The van der Waals surface area contributed by atoms with Crippen molar-refractivity contribution >= 4 is 43.7 Å². The summed E-state index contributed by atoms with van der Waals surface area (Å²) in [6.45, 7) is 13.8. The van der Waals surface area contributed by atoms with Crippen molar-refractivity contribution in [2.45, 2.75) is 59.8 Å². The van der Waals surface area contributed by atoms with Gasteiger partial charge in [0.2, 0.25) is 0 Å². The Labute approximate surface area is 268 Å². The molecule has 1 aliphatic carbocycles. The molecule has 0 unspecified atom stereocenters. The van der Waals surface area contributed by atoms with Gasteiger partial charge in [0.15, 0.2) is 0 Å². The summed E-state index contributed by atoms with van der Waals surface area (Å²) in [5, 5.41) is 7.74. The minimum Gasteiger partial charge on any atom is -0.314 e. The maximum absolute atomic E-state index is 2.53. The molecule has 45 heavy (non-hydrogen) atoms. The summed E-state index contributed by atoms with van der Waals surface area (Å²) in [6, 6.07) is 42.8. The van der Waals surface area contributed by atoms with Gasteiger partial charge in [0.1, 0.15) is 0 Å². The molecule has 6 aromatic carbocycles. The van der Waals surface area contributed by atoms with Gasteiger partial charge in [-0.1, -0.05) is 144 Å². The molecule has 0 aliphatic heterocycles. The highest BCUT2D eigenvalue weighted by atomic mass is 15.1. The summed E-state index contributed by atoms with van der Waals surface area (Å²) in [7, 11) is 0. The highest BCUT2D eigenvalue weighted by molar-refractivity contribution is 6.25. The van der Waals surface area contributed by atoms with Crippen molar-refractivity contribution in [2.24, 2.45) is 5.41 Å². The van der Waals surface area contributed by atoms with Gasteiger partial charge in [0, 0.05) is 16.8 Å². The number of benzene rings is 6. The summed E-state index contributed by atoms with van der Waals surface area (Å²) >= 11 is 0. The molecule has 0 fully saturated rings. The van der Waals surface area contributed by atoms with E-state index < -0.39 is 0 Å². The maximum Gasteiger partial charge on any atom is 0.0543 e. The molecule has 0 aromatic heterocycles. The Morgan fingerprint density at radius 1 is 0.533 bits per heavy atom. The van der Waals surface area contributed by atoms with Gasteiger partial charge in [-0.3, -0.25) is 0 Å². The standard InChI is InChI=1S/C44H43N/c1-43(2,3)32-20-24-34(25-21-32)45(35-26-22-33(23-27-35)44(4,5)6)41-29-31-28-40(30-14-8-7-9-15-30)36-16-10-12-18-38(36)42(31)39-19-13-11-17-37(39)41/h7-22,24-26,28-29H,23,27H2,1-6H3. The molecule has 0 heterocycles. The van der Waals surface area contributed by atoms with E-state index in [0.717, 1.165) is 12.8 Å². The third-order valence-corrected chi connectivity index (χ3v) is 9.53. The molecule has 1 heteroatoms. The lowest BCUT2D eigenvalue weighted by Crippen LogP contribution is -2.21. The second-order valence-corrected chi connectivity index (χ2v) is 14.6. The number of fused-ring (bicyclic) bond motifs is 5. The minimum atomic E-state index is 0.0996. The molecule has 0 radical (unpaired) electrons. The fourth-order valence-corrected chi connectivity index (χ4v) is 7.01. The molecular weight excluding hydrogens is 542 g/mol. The summed E-state index contributed by atoms with van der Waals surface area (Å²) in [6.07, 6.45) is 6.82. The highest BCUT2D eigenvalue weighted by Gasteiger charge is 2.25.